The van der Waals surface area contributed by atoms with Crippen molar-refractivity contribution < 1.29 is 13.2 Å². The van der Waals surface area contributed by atoms with Crippen molar-refractivity contribution in [2.45, 2.75) is 11.8 Å². The number of nitrogens with zero attached hydrogens (tertiary/aromatic N) is 5. The second-order valence-electron chi connectivity index (χ2n) is 7.09. The molecule has 2 aromatic heterocycles. The summed E-state index contributed by atoms with van der Waals surface area (Å²) >= 11 is 0. The highest BCUT2D eigenvalue weighted by atomic mass is 32.2. The van der Waals surface area contributed by atoms with Crippen LogP contribution in [0.15, 0.2) is 65.7 Å². The zero-order valence-corrected chi connectivity index (χ0v) is 17.8. The van der Waals surface area contributed by atoms with E-state index in [9.17, 15) is 13.2 Å². The Kier molecular flexibility index (Phi) is 5.92. The van der Waals surface area contributed by atoms with E-state index in [0.717, 1.165) is 5.69 Å². The number of amides is 1. The first kappa shape index (κ1) is 20.9. The molecule has 3 aromatic rings. The second-order valence-corrected chi connectivity index (χ2v) is 9.03. The summed E-state index contributed by atoms with van der Waals surface area (Å²) in [5.74, 6) is 0.499. The van der Waals surface area contributed by atoms with Gasteiger partial charge in [0.1, 0.15) is 5.69 Å². The molecule has 0 atom stereocenters. The summed E-state index contributed by atoms with van der Waals surface area (Å²) in [6, 6.07) is 15.5. The van der Waals surface area contributed by atoms with Gasteiger partial charge in [0.15, 0.2) is 5.82 Å². The van der Waals surface area contributed by atoms with Crippen LogP contribution in [0.5, 0.6) is 0 Å². The van der Waals surface area contributed by atoms with Gasteiger partial charge < -0.3 is 10.2 Å². The summed E-state index contributed by atoms with van der Waals surface area (Å²) in [6.45, 7) is 3.13. The zero-order valence-electron chi connectivity index (χ0n) is 17.0. The molecule has 31 heavy (non-hydrogen) atoms. The van der Waals surface area contributed by atoms with Crippen molar-refractivity contribution in [1.82, 2.24) is 19.5 Å². The molecule has 0 saturated carbocycles. The van der Waals surface area contributed by atoms with Gasteiger partial charge in [-0.1, -0.05) is 6.07 Å². The van der Waals surface area contributed by atoms with Crippen LogP contribution in [0, 0.1) is 0 Å². The fourth-order valence-corrected chi connectivity index (χ4v) is 4.79. The number of piperazine rings is 1. The van der Waals surface area contributed by atoms with E-state index in [2.05, 4.69) is 20.5 Å². The normalized spacial score (nSPS) is 14.9. The van der Waals surface area contributed by atoms with Gasteiger partial charge in [0, 0.05) is 45.0 Å². The van der Waals surface area contributed by atoms with E-state index in [1.165, 1.54) is 23.4 Å². The maximum atomic E-state index is 13.0. The number of rotatable bonds is 5. The standard InChI is InChI=1S/C21H22N6O3S/c1-16(28)23-17-5-7-18(8-6-17)31(29,30)27-14-12-26(13-15-27)21-10-9-20(24-25-21)19-4-2-3-11-22-19/h2-11H,12-15H2,1H3,(H,23,28). The molecule has 1 amide bonds. The molecule has 4 rings (SSSR count). The molecular formula is C21H22N6O3S. The fourth-order valence-electron chi connectivity index (χ4n) is 3.36. The van der Waals surface area contributed by atoms with Crippen molar-refractivity contribution in [2.75, 3.05) is 36.4 Å². The highest BCUT2D eigenvalue weighted by Crippen LogP contribution is 2.22. The summed E-state index contributed by atoms with van der Waals surface area (Å²) in [7, 11) is -3.61. The van der Waals surface area contributed by atoms with Crippen LogP contribution in [-0.2, 0) is 14.8 Å². The Morgan fingerprint density at radius 1 is 0.903 bits per heavy atom. The number of anilines is 2. The van der Waals surface area contributed by atoms with Gasteiger partial charge in [0.2, 0.25) is 15.9 Å². The number of aromatic nitrogens is 3. The molecule has 9 nitrogen and oxygen atoms in total. The minimum Gasteiger partial charge on any atom is -0.352 e. The van der Waals surface area contributed by atoms with Crippen LogP contribution in [0.2, 0.25) is 0 Å². The minimum atomic E-state index is -3.61. The van der Waals surface area contributed by atoms with E-state index in [1.807, 2.05) is 35.2 Å². The molecule has 1 aromatic carbocycles. The van der Waals surface area contributed by atoms with Crippen molar-refractivity contribution in [3.63, 3.8) is 0 Å². The Balaban J connectivity index is 1.40. The predicted octanol–water partition coefficient (Wildman–Crippen LogP) is 2.01. The third kappa shape index (κ3) is 4.70. The molecule has 160 valence electrons. The first-order valence-electron chi connectivity index (χ1n) is 9.81. The fraction of sp³-hybridized carbons (Fsp3) is 0.238. The van der Waals surface area contributed by atoms with Crippen LogP contribution >= 0.6 is 0 Å². The predicted molar refractivity (Wildman–Crippen MR) is 117 cm³/mol. The number of hydrogen-bond acceptors (Lipinski definition) is 7. The topological polar surface area (TPSA) is 108 Å². The highest BCUT2D eigenvalue weighted by molar-refractivity contribution is 7.89. The minimum absolute atomic E-state index is 0.203. The van der Waals surface area contributed by atoms with E-state index in [1.54, 1.807) is 18.3 Å². The molecule has 10 heteroatoms. The number of carbonyl (C=O) groups excluding carboxylic acids is 1. The lowest BCUT2D eigenvalue weighted by atomic mass is 10.2. The number of hydrogen-bond donors (Lipinski definition) is 1. The molecule has 1 fully saturated rings. The van der Waals surface area contributed by atoms with E-state index in [-0.39, 0.29) is 10.8 Å². The maximum absolute atomic E-state index is 13.0. The first-order chi connectivity index (χ1) is 14.9. The summed E-state index contributed by atoms with van der Waals surface area (Å²) in [4.78, 5) is 17.6. The van der Waals surface area contributed by atoms with Crippen LogP contribution in [0.3, 0.4) is 0 Å². The van der Waals surface area contributed by atoms with Gasteiger partial charge in [-0.3, -0.25) is 9.78 Å². The average molecular weight is 439 g/mol. The SMILES string of the molecule is CC(=O)Nc1ccc(S(=O)(=O)N2CCN(c3ccc(-c4ccccn4)nn3)CC2)cc1. The molecule has 0 unspecified atom stereocenters. The number of benzene rings is 1. The molecule has 1 aliphatic heterocycles. The van der Waals surface area contributed by atoms with Gasteiger partial charge in [0.05, 0.1) is 10.6 Å². The number of carbonyl (C=O) groups is 1. The average Bonchev–Trinajstić information content (AvgIpc) is 2.80. The van der Waals surface area contributed by atoms with Gasteiger partial charge in [-0.05, 0) is 48.5 Å². The van der Waals surface area contributed by atoms with Crippen molar-refractivity contribution in [2.24, 2.45) is 0 Å². The smallest absolute Gasteiger partial charge is 0.243 e. The van der Waals surface area contributed by atoms with Crippen LogP contribution < -0.4 is 10.2 Å². The highest BCUT2D eigenvalue weighted by Gasteiger charge is 2.29. The van der Waals surface area contributed by atoms with E-state index >= 15 is 0 Å². The second kappa shape index (κ2) is 8.78. The van der Waals surface area contributed by atoms with Crippen molar-refractivity contribution in [1.29, 1.82) is 0 Å². The Morgan fingerprint density at radius 3 is 2.23 bits per heavy atom. The van der Waals surface area contributed by atoms with Gasteiger partial charge in [-0.25, -0.2) is 8.42 Å². The molecule has 1 aliphatic rings. The van der Waals surface area contributed by atoms with Gasteiger partial charge in [-0.2, -0.15) is 4.31 Å². The third-order valence-corrected chi connectivity index (χ3v) is 6.87. The molecule has 0 aliphatic carbocycles. The van der Waals surface area contributed by atoms with Gasteiger partial charge >= 0.3 is 0 Å². The Morgan fingerprint density at radius 2 is 1.65 bits per heavy atom. The number of pyridine rings is 1. The maximum Gasteiger partial charge on any atom is 0.243 e. The largest absolute Gasteiger partial charge is 0.352 e. The molecule has 1 N–H and O–H groups in total. The Hall–Kier alpha value is -3.37. The Bertz CT molecular complexity index is 1140. The summed E-state index contributed by atoms with van der Waals surface area (Å²) in [5, 5.41) is 11.2. The lowest BCUT2D eigenvalue weighted by Gasteiger charge is -2.34. The molecule has 0 radical (unpaired) electrons. The number of nitrogens with one attached hydrogen (secondary N) is 1. The van der Waals surface area contributed by atoms with Crippen molar-refractivity contribution >= 4 is 27.4 Å². The van der Waals surface area contributed by atoms with Crippen LogP contribution in [-0.4, -0.2) is 60.0 Å². The molecular weight excluding hydrogens is 416 g/mol. The van der Waals surface area contributed by atoms with Crippen LogP contribution in [0.4, 0.5) is 11.5 Å². The van der Waals surface area contributed by atoms with Gasteiger partial charge in [-0.15, -0.1) is 10.2 Å². The zero-order chi connectivity index (χ0) is 21.8. The molecule has 3 heterocycles. The lowest BCUT2D eigenvalue weighted by Crippen LogP contribution is -2.49. The first-order valence-corrected chi connectivity index (χ1v) is 11.3. The van der Waals surface area contributed by atoms with Crippen molar-refractivity contribution in [3.8, 4) is 11.4 Å². The summed E-state index contributed by atoms with van der Waals surface area (Å²) < 4.78 is 27.4. The molecule has 0 spiro atoms. The van der Waals surface area contributed by atoms with E-state index < -0.39 is 10.0 Å². The molecule has 1 saturated heterocycles. The van der Waals surface area contributed by atoms with Crippen LogP contribution in [0.25, 0.3) is 11.4 Å². The van der Waals surface area contributed by atoms with Crippen molar-refractivity contribution in [3.05, 3.63) is 60.8 Å². The monoisotopic (exact) mass is 438 g/mol. The summed E-state index contributed by atoms with van der Waals surface area (Å²) in [5.41, 5.74) is 2.00. The Labute approximate surface area is 180 Å². The quantitative estimate of drug-likeness (QED) is 0.649. The van der Waals surface area contributed by atoms with E-state index in [0.29, 0.717) is 43.4 Å². The summed E-state index contributed by atoms with van der Waals surface area (Å²) in [6.07, 6.45) is 1.71. The lowest BCUT2D eigenvalue weighted by molar-refractivity contribution is -0.114. The van der Waals surface area contributed by atoms with E-state index in [4.69, 9.17) is 0 Å². The third-order valence-electron chi connectivity index (χ3n) is 4.95. The van der Waals surface area contributed by atoms with Gasteiger partial charge in [0.25, 0.3) is 0 Å². The number of sulfonamides is 1. The van der Waals surface area contributed by atoms with Crippen LogP contribution in [0.1, 0.15) is 6.92 Å². The molecule has 0 bridgehead atoms.